The Balaban J connectivity index is 0.000000163. The first-order valence-corrected chi connectivity index (χ1v) is 22.4. The van der Waals surface area contributed by atoms with E-state index in [1.54, 1.807) is 12.4 Å². The van der Waals surface area contributed by atoms with E-state index in [2.05, 4.69) is 45.6 Å². The van der Waals surface area contributed by atoms with E-state index in [0.717, 1.165) is 90.6 Å². The molecule has 2 aromatic carbocycles. The van der Waals surface area contributed by atoms with Gasteiger partial charge in [0.15, 0.2) is 24.5 Å². The van der Waals surface area contributed by atoms with Crippen molar-refractivity contribution in [3.05, 3.63) is 95.6 Å². The molecule has 2 atom stereocenters. The lowest BCUT2D eigenvalue weighted by Crippen LogP contribution is -2.44. The quantitative estimate of drug-likeness (QED) is 0.140. The Kier molecular flexibility index (Phi) is 12.7. The van der Waals surface area contributed by atoms with Gasteiger partial charge in [0.2, 0.25) is 11.9 Å². The summed E-state index contributed by atoms with van der Waals surface area (Å²) in [6.07, 6.45) is 9.39. The average Bonchev–Trinajstić information content (AvgIpc) is 4.11. The highest BCUT2D eigenvalue weighted by atomic mass is 16.5. The second kappa shape index (κ2) is 19.1. The van der Waals surface area contributed by atoms with E-state index in [0.29, 0.717) is 52.3 Å². The van der Waals surface area contributed by atoms with Crippen molar-refractivity contribution in [1.82, 2.24) is 40.1 Å². The molecular weight excluding hydrogens is 809 g/mol. The normalized spacial score (nSPS) is 18.6. The van der Waals surface area contributed by atoms with E-state index in [1.807, 2.05) is 88.4 Å². The SMILES string of the molecule is Cc1ccc(OCC(=O)Nc2cnc3nc(N4CC5CC4CN5)nc(C)c3c2)cc1.Cc1ccc(OCC(=O)Nc2cnc3nc(N4CCC(N5CCCC5)CC4)nc(C)c3c2)cc1. The third kappa shape index (κ3) is 10.1. The van der Waals surface area contributed by atoms with Gasteiger partial charge in [-0.2, -0.15) is 9.97 Å². The number of hydrogen-bond donors (Lipinski definition) is 3. The van der Waals surface area contributed by atoms with Crippen LogP contribution in [-0.2, 0) is 9.59 Å². The topological polar surface area (TPSA) is 176 Å². The van der Waals surface area contributed by atoms with E-state index in [1.165, 1.54) is 25.9 Å². The number of nitrogens with zero attached hydrogens (tertiary/aromatic N) is 9. The van der Waals surface area contributed by atoms with Crippen molar-refractivity contribution in [2.75, 3.05) is 72.9 Å². The van der Waals surface area contributed by atoms with Crippen LogP contribution in [0.4, 0.5) is 23.3 Å². The number of aryl methyl sites for hydroxylation is 4. The van der Waals surface area contributed by atoms with Gasteiger partial charge in [0, 0.05) is 55.1 Å². The van der Waals surface area contributed by atoms with Gasteiger partial charge in [-0.25, -0.2) is 19.9 Å². The molecular formula is C48H56N12O4. The minimum atomic E-state index is -0.243. The Hall–Kier alpha value is -6.52. The lowest BCUT2D eigenvalue weighted by atomic mass is 10.0. The Morgan fingerprint density at radius 2 is 1.19 bits per heavy atom. The number of piperidine rings is 1. The smallest absolute Gasteiger partial charge is 0.262 e. The van der Waals surface area contributed by atoms with Crippen LogP contribution in [0.15, 0.2) is 73.1 Å². The summed E-state index contributed by atoms with van der Waals surface area (Å²) in [6, 6.07) is 20.6. The maximum atomic E-state index is 12.4. The third-order valence-corrected chi connectivity index (χ3v) is 12.5. The molecule has 4 aliphatic heterocycles. The maximum Gasteiger partial charge on any atom is 0.262 e. The minimum Gasteiger partial charge on any atom is -0.484 e. The molecule has 2 bridgehead atoms. The van der Waals surface area contributed by atoms with Gasteiger partial charge in [-0.15, -0.1) is 0 Å². The monoisotopic (exact) mass is 864 g/mol. The van der Waals surface area contributed by atoms with Crippen LogP contribution in [0.1, 0.15) is 54.6 Å². The first-order valence-electron chi connectivity index (χ1n) is 22.4. The number of carbonyl (C=O) groups is 2. The van der Waals surface area contributed by atoms with Gasteiger partial charge in [0.25, 0.3) is 11.8 Å². The van der Waals surface area contributed by atoms with Gasteiger partial charge in [0.05, 0.1) is 35.2 Å². The van der Waals surface area contributed by atoms with Crippen molar-refractivity contribution < 1.29 is 19.1 Å². The molecule has 0 radical (unpaired) electrons. The van der Waals surface area contributed by atoms with Crippen molar-refractivity contribution >= 4 is 57.2 Å². The van der Waals surface area contributed by atoms with Gasteiger partial charge in [-0.3, -0.25) is 9.59 Å². The summed E-state index contributed by atoms with van der Waals surface area (Å²) in [5, 5.41) is 10.9. The van der Waals surface area contributed by atoms with Crippen LogP contribution in [-0.4, -0.2) is 117 Å². The summed E-state index contributed by atoms with van der Waals surface area (Å²) in [5.74, 6) is 2.34. The minimum absolute atomic E-state index is 0.0666. The number of benzene rings is 2. The fourth-order valence-electron chi connectivity index (χ4n) is 9.00. The van der Waals surface area contributed by atoms with Gasteiger partial charge < -0.3 is 40.1 Å². The first kappa shape index (κ1) is 42.8. The Labute approximate surface area is 373 Å². The van der Waals surface area contributed by atoms with Crippen molar-refractivity contribution in [3.8, 4) is 11.5 Å². The van der Waals surface area contributed by atoms with Crippen molar-refractivity contribution in [2.24, 2.45) is 0 Å². The molecule has 4 aliphatic rings. The summed E-state index contributed by atoms with van der Waals surface area (Å²) in [6.45, 7) is 14.2. The number of nitrogens with one attached hydrogen (secondary N) is 3. The number of hydrogen-bond acceptors (Lipinski definition) is 14. The predicted octanol–water partition coefficient (Wildman–Crippen LogP) is 5.93. The molecule has 16 nitrogen and oxygen atoms in total. The summed E-state index contributed by atoms with van der Waals surface area (Å²) in [4.78, 5) is 59.7. The number of amides is 2. The zero-order valence-electron chi connectivity index (χ0n) is 37.0. The molecule has 2 amide bonds. The number of piperazine rings is 1. The summed E-state index contributed by atoms with van der Waals surface area (Å²) in [5.41, 5.74) is 6.50. The Morgan fingerprint density at radius 3 is 1.69 bits per heavy atom. The molecule has 2 unspecified atom stereocenters. The molecule has 4 aromatic heterocycles. The highest BCUT2D eigenvalue weighted by Gasteiger charge is 2.39. The van der Waals surface area contributed by atoms with Crippen LogP contribution < -0.4 is 35.2 Å². The zero-order valence-corrected chi connectivity index (χ0v) is 37.0. The Bertz CT molecular complexity index is 2610. The molecule has 64 heavy (non-hydrogen) atoms. The second-order valence-electron chi connectivity index (χ2n) is 17.3. The van der Waals surface area contributed by atoms with Crippen molar-refractivity contribution in [1.29, 1.82) is 0 Å². The number of likely N-dealkylation sites (tertiary alicyclic amines) is 1. The van der Waals surface area contributed by atoms with Crippen LogP contribution in [0.2, 0.25) is 0 Å². The number of ether oxygens (including phenoxy) is 2. The Morgan fingerprint density at radius 1 is 0.672 bits per heavy atom. The van der Waals surface area contributed by atoms with Crippen LogP contribution >= 0.6 is 0 Å². The molecule has 4 saturated heterocycles. The van der Waals surface area contributed by atoms with Crippen LogP contribution in [0.5, 0.6) is 11.5 Å². The fraction of sp³-hybridized carbons (Fsp3) is 0.417. The summed E-state index contributed by atoms with van der Waals surface area (Å²) in [7, 11) is 0. The standard InChI is InChI=1S/C26H32N6O2.C22H24N6O2/c1-18-5-7-22(8-6-18)34-17-24(33)29-20-15-23-19(2)28-26(30-25(23)27-16-20)32-13-9-21(10-14-32)31-11-3-4-12-31;1-13-3-5-18(6-4-13)30-12-20(29)26-15-8-19-14(2)25-22(27-21(19)24-9-15)28-11-16-7-17(28)10-23-16/h5-8,15-16,21H,3-4,9-14,17H2,1-2H3,(H,29,33);3-6,8-9,16-17,23H,7,10-12H2,1-2H3,(H,26,29). The molecule has 0 saturated carbocycles. The number of anilines is 4. The van der Waals surface area contributed by atoms with Gasteiger partial charge >= 0.3 is 0 Å². The largest absolute Gasteiger partial charge is 0.484 e. The highest BCUT2D eigenvalue weighted by molar-refractivity contribution is 5.95. The highest BCUT2D eigenvalue weighted by Crippen LogP contribution is 2.30. The average molecular weight is 865 g/mol. The molecule has 6 aromatic rings. The van der Waals surface area contributed by atoms with Crippen molar-refractivity contribution in [2.45, 2.75) is 77.9 Å². The molecule has 8 heterocycles. The first-order chi connectivity index (χ1) is 31.1. The second-order valence-corrected chi connectivity index (χ2v) is 17.3. The number of rotatable bonds is 11. The van der Waals surface area contributed by atoms with E-state index in [9.17, 15) is 9.59 Å². The molecule has 0 aliphatic carbocycles. The van der Waals surface area contributed by atoms with Crippen LogP contribution in [0.25, 0.3) is 22.1 Å². The van der Waals surface area contributed by atoms with E-state index in [4.69, 9.17) is 24.4 Å². The number of fused-ring (bicyclic) bond motifs is 4. The van der Waals surface area contributed by atoms with E-state index < -0.39 is 0 Å². The van der Waals surface area contributed by atoms with Crippen LogP contribution in [0, 0.1) is 27.7 Å². The zero-order chi connectivity index (χ0) is 44.2. The van der Waals surface area contributed by atoms with Gasteiger partial charge in [0.1, 0.15) is 11.5 Å². The molecule has 3 N–H and O–H groups in total. The summed E-state index contributed by atoms with van der Waals surface area (Å²) < 4.78 is 11.1. The van der Waals surface area contributed by atoms with E-state index in [-0.39, 0.29) is 25.0 Å². The predicted molar refractivity (Wildman–Crippen MR) is 248 cm³/mol. The number of pyridine rings is 2. The van der Waals surface area contributed by atoms with Crippen molar-refractivity contribution in [3.63, 3.8) is 0 Å². The molecule has 0 spiro atoms. The molecule has 4 fully saturated rings. The number of carbonyl (C=O) groups excluding carboxylic acids is 2. The summed E-state index contributed by atoms with van der Waals surface area (Å²) >= 11 is 0. The fourth-order valence-corrected chi connectivity index (χ4v) is 9.00. The number of aromatic nitrogens is 6. The molecule has 332 valence electrons. The lowest BCUT2D eigenvalue weighted by Gasteiger charge is -2.36. The van der Waals surface area contributed by atoms with E-state index >= 15 is 0 Å². The van der Waals surface area contributed by atoms with Gasteiger partial charge in [-0.05, 0) is 109 Å². The van der Waals surface area contributed by atoms with Crippen LogP contribution in [0.3, 0.4) is 0 Å². The molecule has 16 heteroatoms. The van der Waals surface area contributed by atoms with Gasteiger partial charge in [-0.1, -0.05) is 35.4 Å². The molecule has 10 rings (SSSR count). The third-order valence-electron chi connectivity index (χ3n) is 12.5. The maximum absolute atomic E-state index is 12.4. The lowest BCUT2D eigenvalue weighted by molar-refractivity contribution is -0.118.